The van der Waals surface area contributed by atoms with Gasteiger partial charge in [0.2, 0.25) is 5.91 Å². The van der Waals surface area contributed by atoms with Gasteiger partial charge in [0, 0.05) is 30.8 Å². The van der Waals surface area contributed by atoms with Crippen molar-refractivity contribution in [1.29, 1.82) is 0 Å². The van der Waals surface area contributed by atoms with E-state index in [0.29, 0.717) is 12.0 Å². The number of fused-ring (bicyclic) bond motifs is 1. The van der Waals surface area contributed by atoms with Crippen molar-refractivity contribution in [3.05, 3.63) is 46.2 Å². The maximum Gasteiger partial charge on any atom is 0.240 e. The minimum absolute atomic E-state index is 0.0295. The predicted octanol–water partition coefficient (Wildman–Crippen LogP) is 1.46. The first-order valence-corrected chi connectivity index (χ1v) is 6.89. The molecule has 5 nitrogen and oxygen atoms in total. The normalized spacial score (nSPS) is 12.3. The topological polar surface area (TPSA) is 60.3 Å². The minimum Gasteiger partial charge on any atom is -0.383 e. The molecule has 0 aliphatic rings. The Morgan fingerprint density at radius 3 is 2.86 bits per heavy atom. The van der Waals surface area contributed by atoms with Crippen LogP contribution in [0.2, 0.25) is 0 Å². The van der Waals surface area contributed by atoms with E-state index in [0.717, 1.165) is 11.1 Å². The van der Waals surface area contributed by atoms with E-state index < -0.39 is 0 Å². The van der Waals surface area contributed by atoms with Crippen molar-refractivity contribution >= 4 is 16.8 Å². The summed E-state index contributed by atoms with van der Waals surface area (Å²) in [5, 5.41) is 3.49. The summed E-state index contributed by atoms with van der Waals surface area (Å²) in [6.45, 7) is 4.47. The van der Waals surface area contributed by atoms with E-state index in [-0.39, 0.29) is 23.9 Å². The zero-order chi connectivity index (χ0) is 15.4. The Bertz CT molecular complexity index is 706. The van der Waals surface area contributed by atoms with Crippen LogP contribution in [0, 0.1) is 6.92 Å². The molecule has 0 radical (unpaired) electrons. The molecule has 0 saturated carbocycles. The number of amides is 1. The molecule has 1 N–H and O–H groups in total. The molecular formula is C16H20N2O3. The van der Waals surface area contributed by atoms with E-state index in [2.05, 4.69) is 5.32 Å². The number of aromatic nitrogens is 1. The lowest BCUT2D eigenvalue weighted by atomic mass is 10.1. The van der Waals surface area contributed by atoms with Crippen molar-refractivity contribution in [2.75, 3.05) is 13.7 Å². The molecule has 1 heterocycles. The zero-order valence-electron chi connectivity index (χ0n) is 12.6. The van der Waals surface area contributed by atoms with E-state index in [1.165, 1.54) is 6.07 Å². The number of benzene rings is 1. The average Bonchev–Trinajstić information content (AvgIpc) is 2.42. The Morgan fingerprint density at radius 2 is 2.14 bits per heavy atom. The predicted molar refractivity (Wildman–Crippen MR) is 82.4 cm³/mol. The lowest BCUT2D eigenvalue weighted by Gasteiger charge is -2.15. The molecule has 1 aromatic carbocycles. The first-order valence-electron chi connectivity index (χ1n) is 6.89. The second kappa shape index (κ2) is 6.54. The molecule has 5 heteroatoms. The summed E-state index contributed by atoms with van der Waals surface area (Å²) in [5.41, 5.74) is 1.76. The summed E-state index contributed by atoms with van der Waals surface area (Å²) < 4.78 is 6.77. The van der Waals surface area contributed by atoms with E-state index in [1.807, 2.05) is 32.0 Å². The molecule has 0 aliphatic carbocycles. The van der Waals surface area contributed by atoms with Gasteiger partial charge in [0.25, 0.3) is 0 Å². The highest BCUT2D eigenvalue weighted by atomic mass is 16.5. The Hall–Kier alpha value is -2.14. The summed E-state index contributed by atoms with van der Waals surface area (Å²) >= 11 is 0. The van der Waals surface area contributed by atoms with Gasteiger partial charge in [-0.05, 0) is 26.0 Å². The quantitative estimate of drug-likeness (QED) is 0.906. The maximum atomic E-state index is 12.0. The summed E-state index contributed by atoms with van der Waals surface area (Å²) in [4.78, 5) is 23.9. The number of methoxy groups -OCH3 is 1. The fraction of sp³-hybridized carbons (Fsp3) is 0.375. The third kappa shape index (κ3) is 3.70. The first kappa shape index (κ1) is 15.3. The van der Waals surface area contributed by atoms with Crippen LogP contribution in [0.25, 0.3) is 10.9 Å². The van der Waals surface area contributed by atoms with Crippen LogP contribution in [-0.2, 0) is 16.1 Å². The van der Waals surface area contributed by atoms with Gasteiger partial charge < -0.3 is 14.6 Å². The number of pyridine rings is 1. The summed E-state index contributed by atoms with van der Waals surface area (Å²) in [6, 6.07) is 7.10. The number of nitrogens with one attached hydrogen (secondary N) is 1. The smallest absolute Gasteiger partial charge is 0.240 e. The molecule has 0 bridgehead atoms. The first-order chi connectivity index (χ1) is 10.0. The van der Waals surface area contributed by atoms with E-state index in [4.69, 9.17) is 4.74 Å². The standard InChI is InChI=1S/C16H20N2O3/c1-11-4-5-14-13(8-11)15(19)6-7-18(14)9-16(20)17-12(2)10-21-3/h4-8,12H,9-10H2,1-3H3,(H,17,20)/t12-/m1/s1. The number of hydrogen-bond acceptors (Lipinski definition) is 3. The van der Waals surface area contributed by atoms with Crippen molar-refractivity contribution in [3.63, 3.8) is 0 Å². The van der Waals surface area contributed by atoms with Crippen molar-refractivity contribution in [3.8, 4) is 0 Å². The van der Waals surface area contributed by atoms with Gasteiger partial charge in [0.1, 0.15) is 6.54 Å². The van der Waals surface area contributed by atoms with Gasteiger partial charge in [0.15, 0.2) is 5.43 Å². The lowest BCUT2D eigenvalue weighted by Crippen LogP contribution is -2.37. The SMILES string of the molecule is COC[C@@H](C)NC(=O)Cn1ccc(=O)c2cc(C)ccc21. The fourth-order valence-corrected chi connectivity index (χ4v) is 2.33. The van der Waals surface area contributed by atoms with Crippen LogP contribution in [0.5, 0.6) is 0 Å². The summed E-state index contributed by atoms with van der Waals surface area (Å²) in [7, 11) is 1.60. The minimum atomic E-state index is -0.106. The van der Waals surface area contributed by atoms with Gasteiger partial charge in [-0.3, -0.25) is 9.59 Å². The number of rotatable bonds is 5. The molecule has 2 aromatic rings. The second-order valence-corrected chi connectivity index (χ2v) is 5.25. The molecular weight excluding hydrogens is 268 g/mol. The van der Waals surface area contributed by atoms with E-state index in [9.17, 15) is 9.59 Å². The molecule has 1 amide bonds. The number of aryl methyl sites for hydroxylation is 1. The van der Waals surface area contributed by atoms with Crippen molar-refractivity contribution < 1.29 is 9.53 Å². The number of nitrogens with zero attached hydrogens (tertiary/aromatic N) is 1. The molecule has 112 valence electrons. The van der Waals surface area contributed by atoms with Crippen molar-refractivity contribution in [1.82, 2.24) is 9.88 Å². The van der Waals surface area contributed by atoms with Crippen LogP contribution >= 0.6 is 0 Å². The van der Waals surface area contributed by atoms with Crippen LogP contribution in [-0.4, -0.2) is 30.2 Å². The Morgan fingerprint density at radius 1 is 1.38 bits per heavy atom. The Labute approximate surface area is 123 Å². The molecule has 1 atom stereocenters. The number of hydrogen-bond donors (Lipinski definition) is 1. The van der Waals surface area contributed by atoms with E-state index >= 15 is 0 Å². The molecule has 21 heavy (non-hydrogen) atoms. The highest BCUT2D eigenvalue weighted by Gasteiger charge is 2.09. The third-order valence-corrected chi connectivity index (χ3v) is 3.27. The van der Waals surface area contributed by atoms with Gasteiger partial charge in [-0.25, -0.2) is 0 Å². The van der Waals surface area contributed by atoms with Gasteiger partial charge in [0.05, 0.1) is 12.1 Å². The molecule has 0 spiro atoms. The van der Waals surface area contributed by atoms with Gasteiger partial charge in [-0.1, -0.05) is 11.6 Å². The lowest BCUT2D eigenvalue weighted by molar-refractivity contribution is -0.122. The highest BCUT2D eigenvalue weighted by Crippen LogP contribution is 2.12. The largest absolute Gasteiger partial charge is 0.383 e. The van der Waals surface area contributed by atoms with E-state index in [1.54, 1.807) is 17.9 Å². The fourth-order valence-electron chi connectivity index (χ4n) is 2.33. The molecule has 0 aliphatic heterocycles. The summed E-state index contributed by atoms with van der Waals surface area (Å²) in [6.07, 6.45) is 1.65. The van der Waals surface area contributed by atoms with Crippen molar-refractivity contribution in [2.45, 2.75) is 26.4 Å². The monoisotopic (exact) mass is 288 g/mol. The zero-order valence-corrected chi connectivity index (χ0v) is 12.6. The van der Waals surface area contributed by atoms with Crippen molar-refractivity contribution in [2.24, 2.45) is 0 Å². The third-order valence-electron chi connectivity index (χ3n) is 3.27. The second-order valence-electron chi connectivity index (χ2n) is 5.25. The average molecular weight is 288 g/mol. The molecule has 2 rings (SSSR count). The van der Waals surface area contributed by atoms with Crippen LogP contribution < -0.4 is 10.7 Å². The van der Waals surface area contributed by atoms with Gasteiger partial charge in [-0.2, -0.15) is 0 Å². The highest BCUT2D eigenvalue weighted by molar-refractivity contribution is 5.82. The molecule has 0 fully saturated rings. The van der Waals surface area contributed by atoms with Gasteiger partial charge in [-0.15, -0.1) is 0 Å². The molecule has 1 aromatic heterocycles. The summed E-state index contributed by atoms with van der Waals surface area (Å²) in [5.74, 6) is -0.106. The number of carbonyl (C=O) groups excluding carboxylic acids is 1. The Kier molecular flexibility index (Phi) is 4.75. The molecule has 0 saturated heterocycles. The maximum absolute atomic E-state index is 12.0. The Balaban J connectivity index is 2.25. The van der Waals surface area contributed by atoms with Gasteiger partial charge >= 0.3 is 0 Å². The van der Waals surface area contributed by atoms with Crippen LogP contribution in [0.15, 0.2) is 35.3 Å². The number of carbonyl (C=O) groups is 1. The van der Waals surface area contributed by atoms with Crippen LogP contribution in [0.4, 0.5) is 0 Å². The number of ether oxygens (including phenoxy) is 1. The molecule has 0 unspecified atom stereocenters. The van der Waals surface area contributed by atoms with Crippen LogP contribution in [0.3, 0.4) is 0 Å². The van der Waals surface area contributed by atoms with Crippen LogP contribution in [0.1, 0.15) is 12.5 Å².